The fraction of sp³-hybridized carbons (Fsp3) is 1.00. The average Bonchev–Trinajstić information content (AvgIpc) is 3.20. The van der Waals surface area contributed by atoms with Crippen molar-refractivity contribution in [2.24, 2.45) is 0 Å². The second kappa shape index (κ2) is 7.43. The van der Waals surface area contributed by atoms with Gasteiger partial charge in [0, 0.05) is 51.9 Å². The first-order valence-electron chi connectivity index (χ1n) is 7.52. The minimum Gasteiger partial charge on any atom is -0.383 e. The van der Waals surface area contributed by atoms with Crippen LogP contribution in [-0.4, -0.2) is 74.9 Å². The normalized spacial score (nSPS) is 24.3. The third kappa shape index (κ3) is 4.50. The Morgan fingerprint density at radius 2 is 1.94 bits per heavy atom. The lowest BCUT2D eigenvalue weighted by molar-refractivity contribution is 0.0494. The second-order valence-electron chi connectivity index (χ2n) is 5.67. The summed E-state index contributed by atoms with van der Waals surface area (Å²) in [6.07, 6.45) is 4.00. The quantitative estimate of drug-likeness (QED) is 0.694. The molecule has 0 radical (unpaired) electrons. The van der Waals surface area contributed by atoms with E-state index in [1.807, 2.05) is 7.11 Å². The van der Waals surface area contributed by atoms with Crippen LogP contribution in [0.2, 0.25) is 0 Å². The van der Waals surface area contributed by atoms with Gasteiger partial charge >= 0.3 is 0 Å². The molecule has 2 aliphatic rings. The lowest BCUT2D eigenvalue weighted by Crippen LogP contribution is -2.54. The van der Waals surface area contributed by atoms with E-state index in [0.717, 1.165) is 19.2 Å². The second-order valence-corrected chi connectivity index (χ2v) is 5.67. The largest absolute Gasteiger partial charge is 0.383 e. The summed E-state index contributed by atoms with van der Waals surface area (Å²) in [5.41, 5.74) is 0. The third-order valence-electron chi connectivity index (χ3n) is 4.04. The first-order valence-corrected chi connectivity index (χ1v) is 7.52. The highest BCUT2D eigenvalue weighted by atomic mass is 16.5. The van der Waals surface area contributed by atoms with Gasteiger partial charge in [0.1, 0.15) is 0 Å². The molecule has 1 heterocycles. The van der Waals surface area contributed by atoms with Gasteiger partial charge in [0.25, 0.3) is 0 Å². The van der Waals surface area contributed by atoms with Gasteiger partial charge in [-0.3, -0.25) is 4.90 Å². The molecular formula is C14H29N3O. The van der Waals surface area contributed by atoms with Gasteiger partial charge in [-0.15, -0.1) is 0 Å². The van der Waals surface area contributed by atoms with Crippen LogP contribution in [0.25, 0.3) is 0 Å². The molecule has 1 saturated carbocycles. The Kier molecular flexibility index (Phi) is 5.89. The molecule has 1 aliphatic carbocycles. The van der Waals surface area contributed by atoms with E-state index in [2.05, 4.69) is 22.0 Å². The van der Waals surface area contributed by atoms with Crippen molar-refractivity contribution in [3.8, 4) is 0 Å². The van der Waals surface area contributed by atoms with Crippen molar-refractivity contribution in [3.63, 3.8) is 0 Å². The van der Waals surface area contributed by atoms with E-state index in [0.29, 0.717) is 6.04 Å². The molecule has 0 aromatic rings. The molecule has 0 amide bonds. The molecule has 0 aromatic heterocycles. The van der Waals surface area contributed by atoms with Crippen LogP contribution in [-0.2, 0) is 4.74 Å². The maximum absolute atomic E-state index is 5.39. The molecule has 2 fully saturated rings. The van der Waals surface area contributed by atoms with Crippen molar-refractivity contribution in [1.82, 2.24) is 15.1 Å². The van der Waals surface area contributed by atoms with E-state index in [1.165, 1.54) is 52.0 Å². The number of nitrogens with zero attached hydrogens (tertiary/aromatic N) is 2. The summed E-state index contributed by atoms with van der Waals surface area (Å²) in [4.78, 5) is 5.18. The maximum Gasteiger partial charge on any atom is 0.0630 e. The summed E-state index contributed by atoms with van der Waals surface area (Å²) in [5, 5.41) is 3.64. The average molecular weight is 255 g/mol. The highest BCUT2D eigenvalue weighted by molar-refractivity contribution is 4.85. The van der Waals surface area contributed by atoms with Gasteiger partial charge in [-0.25, -0.2) is 0 Å². The van der Waals surface area contributed by atoms with Crippen molar-refractivity contribution in [2.45, 2.75) is 38.3 Å². The van der Waals surface area contributed by atoms with Gasteiger partial charge in [0.15, 0.2) is 0 Å². The number of methoxy groups -OCH3 is 1. The summed E-state index contributed by atoms with van der Waals surface area (Å²) in [6.45, 7) is 10.3. The summed E-state index contributed by atoms with van der Waals surface area (Å²) in [5.74, 6) is 0. The highest BCUT2D eigenvalue weighted by Crippen LogP contribution is 2.19. The molecule has 1 unspecified atom stereocenters. The van der Waals surface area contributed by atoms with E-state index < -0.39 is 0 Å². The van der Waals surface area contributed by atoms with Crippen LogP contribution in [0.3, 0.4) is 0 Å². The minimum atomic E-state index is 0.555. The van der Waals surface area contributed by atoms with E-state index in [-0.39, 0.29) is 0 Å². The van der Waals surface area contributed by atoms with Crippen molar-refractivity contribution in [2.75, 3.05) is 53.0 Å². The van der Waals surface area contributed by atoms with Gasteiger partial charge < -0.3 is 15.0 Å². The van der Waals surface area contributed by atoms with Gasteiger partial charge in [-0.05, 0) is 25.8 Å². The zero-order valence-electron chi connectivity index (χ0n) is 12.0. The Balaban J connectivity index is 1.72. The monoisotopic (exact) mass is 255 g/mol. The van der Waals surface area contributed by atoms with E-state index >= 15 is 0 Å². The number of nitrogens with one attached hydrogen (secondary N) is 1. The van der Waals surface area contributed by atoms with Crippen LogP contribution in [0.4, 0.5) is 0 Å². The van der Waals surface area contributed by atoms with Crippen LogP contribution in [0, 0.1) is 0 Å². The maximum atomic E-state index is 5.39. The Hall–Kier alpha value is -0.160. The molecule has 1 N–H and O–H groups in total. The molecule has 0 aromatic carbocycles. The Bertz CT molecular complexity index is 225. The number of piperazine rings is 1. The number of rotatable bonds is 8. The van der Waals surface area contributed by atoms with Gasteiger partial charge in [-0.2, -0.15) is 0 Å². The molecule has 106 valence electrons. The summed E-state index contributed by atoms with van der Waals surface area (Å²) in [6, 6.07) is 1.35. The molecule has 2 rings (SSSR count). The minimum absolute atomic E-state index is 0.555. The number of ether oxygens (including phenoxy) is 1. The SMILES string of the molecule is CCCN1CCN(C(CNC2CC2)COC)CC1. The third-order valence-corrected chi connectivity index (χ3v) is 4.04. The van der Waals surface area contributed by atoms with Crippen LogP contribution < -0.4 is 5.32 Å². The fourth-order valence-corrected chi connectivity index (χ4v) is 2.74. The molecule has 18 heavy (non-hydrogen) atoms. The Labute approximate surface area is 112 Å². The van der Waals surface area contributed by atoms with E-state index in [4.69, 9.17) is 4.74 Å². The van der Waals surface area contributed by atoms with E-state index in [9.17, 15) is 0 Å². The standard InChI is InChI=1S/C14H29N3O/c1-3-6-16-7-9-17(10-8-16)14(12-18-2)11-15-13-4-5-13/h13-15H,3-12H2,1-2H3. The smallest absolute Gasteiger partial charge is 0.0630 e. The van der Waals surface area contributed by atoms with Gasteiger partial charge in [0.2, 0.25) is 0 Å². The molecule has 1 aliphatic heterocycles. The number of hydrogen-bond acceptors (Lipinski definition) is 4. The van der Waals surface area contributed by atoms with Crippen molar-refractivity contribution >= 4 is 0 Å². The lowest BCUT2D eigenvalue weighted by Gasteiger charge is -2.39. The van der Waals surface area contributed by atoms with Crippen molar-refractivity contribution < 1.29 is 4.74 Å². The zero-order valence-corrected chi connectivity index (χ0v) is 12.0. The van der Waals surface area contributed by atoms with E-state index in [1.54, 1.807) is 0 Å². The van der Waals surface area contributed by atoms with Crippen LogP contribution in [0.5, 0.6) is 0 Å². The first kappa shape index (κ1) is 14.3. The summed E-state index contributed by atoms with van der Waals surface area (Å²) >= 11 is 0. The first-order chi connectivity index (χ1) is 8.83. The highest BCUT2D eigenvalue weighted by Gasteiger charge is 2.26. The zero-order chi connectivity index (χ0) is 12.8. The molecular weight excluding hydrogens is 226 g/mol. The van der Waals surface area contributed by atoms with Crippen LogP contribution in [0.1, 0.15) is 26.2 Å². The van der Waals surface area contributed by atoms with Gasteiger partial charge in [-0.1, -0.05) is 6.92 Å². The summed E-state index contributed by atoms with van der Waals surface area (Å²) in [7, 11) is 1.82. The number of hydrogen-bond donors (Lipinski definition) is 1. The van der Waals surface area contributed by atoms with Gasteiger partial charge in [0.05, 0.1) is 6.61 Å². The summed E-state index contributed by atoms with van der Waals surface area (Å²) < 4.78 is 5.39. The predicted octanol–water partition coefficient (Wildman–Crippen LogP) is 0.781. The molecule has 1 atom stereocenters. The van der Waals surface area contributed by atoms with Crippen LogP contribution in [0.15, 0.2) is 0 Å². The van der Waals surface area contributed by atoms with Crippen LogP contribution >= 0.6 is 0 Å². The molecule has 4 heteroatoms. The topological polar surface area (TPSA) is 27.7 Å². The lowest BCUT2D eigenvalue weighted by atomic mass is 10.2. The van der Waals surface area contributed by atoms with Crippen molar-refractivity contribution in [3.05, 3.63) is 0 Å². The fourth-order valence-electron chi connectivity index (χ4n) is 2.74. The Morgan fingerprint density at radius 1 is 1.22 bits per heavy atom. The predicted molar refractivity (Wildman–Crippen MR) is 75.0 cm³/mol. The Morgan fingerprint density at radius 3 is 2.50 bits per heavy atom. The van der Waals surface area contributed by atoms with Crippen molar-refractivity contribution in [1.29, 1.82) is 0 Å². The molecule has 1 saturated heterocycles. The molecule has 4 nitrogen and oxygen atoms in total. The molecule has 0 spiro atoms. The molecule has 0 bridgehead atoms.